The first kappa shape index (κ1) is 18.6. The van der Waals surface area contributed by atoms with Crippen molar-refractivity contribution in [2.45, 2.75) is 13.8 Å². The van der Waals surface area contributed by atoms with Gasteiger partial charge < -0.3 is 20.1 Å². The number of Topliss-reactive ketones (excluding diaryl/α,β-unsaturated/α-hetero) is 1. The summed E-state index contributed by atoms with van der Waals surface area (Å²) in [5, 5.41) is 32.0. The zero-order chi connectivity index (χ0) is 21.0. The number of aromatic hydroxyl groups is 3. The Morgan fingerprint density at radius 3 is 2.17 bits per heavy atom. The number of carbonyl (C=O) groups excluding carboxylic acids is 2. The van der Waals surface area contributed by atoms with Crippen LogP contribution < -0.4 is 4.74 Å². The van der Waals surface area contributed by atoms with Crippen LogP contribution in [0.4, 0.5) is 0 Å². The van der Waals surface area contributed by atoms with E-state index in [0.29, 0.717) is 21.9 Å². The second-order valence-corrected chi connectivity index (χ2v) is 7.14. The summed E-state index contributed by atoms with van der Waals surface area (Å²) >= 11 is 0. The number of benzene rings is 3. The molecule has 0 unspecified atom stereocenters. The molecule has 3 aromatic carbocycles. The maximum atomic E-state index is 13.2. The van der Waals surface area contributed by atoms with Gasteiger partial charge in [0.2, 0.25) is 0 Å². The highest BCUT2D eigenvalue weighted by molar-refractivity contribution is 6.40. The Balaban J connectivity index is 2.02. The number of hydrogen-bond donors (Lipinski definition) is 3. The van der Waals surface area contributed by atoms with Crippen LogP contribution in [-0.4, -0.2) is 34.0 Å². The summed E-state index contributed by atoms with van der Waals surface area (Å²) in [6, 6.07) is 7.58. The standard InChI is InChI=1S/C23H18O6/c1-10-4-14-20(16(24)6-10)18(26)8-12(22(14)27)13-9-19(29-3)21-15(23(13)28)5-11(2)7-17(21)25/h4-9,24-25,28H,1-3H3. The summed E-state index contributed by atoms with van der Waals surface area (Å²) in [5.74, 6) is -1.33. The number of hydrogen-bond acceptors (Lipinski definition) is 6. The molecule has 0 spiro atoms. The maximum absolute atomic E-state index is 13.2. The highest BCUT2D eigenvalue weighted by Gasteiger charge is 2.31. The summed E-state index contributed by atoms with van der Waals surface area (Å²) in [4.78, 5) is 25.8. The smallest absolute Gasteiger partial charge is 0.194 e. The summed E-state index contributed by atoms with van der Waals surface area (Å²) in [7, 11) is 1.41. The number of fused-ring (bicyclic) bond motifs is 2. The van der Waals surface area contributed by atoms with Crippen molar-refractivity contribution in [3.05, 3.63) is 64.2 Å². The van der Waals surface area contributed by atoms with Crippen molar-refractivity contribution in [2.24, 2.45) is 0 Å². The number of phenolic OH excluding ortho intramolecular Hbond substituents is 3. The van der Waals surface area contributed by atoms with Crippen LogP contribution in [0.25, 0.3) is 16.3 Å². The zero-order valence-electron chi connectivity index (χ0n) is 16.0. The fourth-order valence-corrected chi connectivity index (χ4v) is 3.82. The third kappa shape index (κ3) is 2.72. The minimum atomic E-state index is -0.530. The molecule has 0 radical (unpaired) electrons. The lowest BCUT2D eigenvalue weighted by Gasteiger charge is -2.20. The van der Waals surface area contributed by atoms with E-state index in [9.17, 15) is 24.9 Å². The van der Waals surface area contributed by atoms with E-state index in [2.05, 4.69) is 0 Å². The molecule has 146 valence electrons. The van der Waals surface area contributed by atoms with E-state index in [1.165, 1.54) is 25.3 Å². The van der Waals surface area contributed by atoms with Crippen LogP contribution in [0.15, 0.2) is 36.4 Å². The second-order valence-electron chi connectivity index (χ2n) is 7.14. The van der Waals surface area contributed by atoms with E-state index in [-0.39, 0.29) is 45.3 Å². The third-order valence-electron chi connectivity index (χ3n) is 5.08. The van der Waals surface area contributed by atoms with Crippen molar-refractivity contribution in [3.63, 3.8) is 0 Å². The van der Waals surface area contributed by atoms with Crippen LogP contribution in [-0.2, 0) is 0 Å². The Morgan fingerprint density at radius 1 is 0.828 bits per heavy atom. The topological polar surface area (TPSA) is 104 Å². The number of methoxy groups -OCH3 is 1. The minimum absolute atomic E-state index is 0.00815. The molecule has 0 saturated carbocycles. The van der Waals surface area contributed by atoms with Gasteiger partial charge in [0, 0.05) is 22.1 Å². The van der Waals surface area contributed by atoms with Crippen LogP contribution in [0.5, 0.6) is 23.0 Å². The van der Waals surface area contributed by atoms with E-state index in [0.717, 1.165) is 6.08 Å². The SMILES string of the molecule is COc1cc(C2=CC(=O)c3c(O)cc(C)cc3C2=O)c(O)c2cc(C)cc(O)c12. The molecule has 0 aliphatic heterocycles. The van der Waals surface area contributed by atoms with Crippen molar-refractivity contribution in [3.8, 4) is 23.0 Å². The fraction of sp³-hybridized carbons (Fsp3) is 0.130. The second kappa shape index (κ2) is 6.38. The van der Waals surface area contributed by atoms with Crippen LogP contribution in [0.3, 0.4) is 0 Å². The van der Waals surface area contributed by atoms with E-state index in [1.807, 2.05) is 0 Å². The molecule has 4 rings (SSSR count). The molecule has 0 saturated heterocycles. The predicted molar refractivity (Wildman–Crippen MR) is 108 cm³/mol. The monoisotopic (exact) mass is 390 g/mol. The van der Waals surface area contributed by atoms with Gasteiger partial charge in [-0.15, -0.1) is 0 Å². The van der Waals surface area contributed by atoms with Gasteiger partial charge in [-0.3, -0.25) is 9.59 Å². The number of aryl methyl sites for hydroxylation is 2. The minimum Gasteiger partial charge on any atom is -0.507 e. The fourth-order valence-electron chi connectivity index (χ4n) is 3.82. The lowest BCUT2D eigenvalue weighted by atomic mass is 9.84. The van der Waals surface area contributed by atoms with Crippen molar-refractivity contribution in [1.82, 2.24) is 0 Å². The molecule has 1 aliphatic rings. The van der Waals surface area contributed by atoms with Gasteiger partial charge in [-0.25, -0.2) is 0 Å². The Bertz CT molecular complexity index is 1270. The predicted octanol–water partition coefficient (Wildman–Crippen LogP) is 4.04. The molecule has 3 aromatic rings. The van der Waals surface area contributed by atoms with Gasteiger partial charge in [0.1, 0.15) is 23.0 Å². The number of ketones is 2. The Hall–Kier alpha value is -3.80. The highest BCUT2D eigenvalue weighted by Crippen LogP contribution is 2.45. The normalized spacial score (nSPS) is 13.4. The molecule has 0 atom stereocenters. The van der Waals surface area contributed by atoms with Crippen molar-refractivity contribution in [2.75, 3.05) is 7.11 Å². The first-order valence-corrected chi connectivity index (χ1v) is 8.91. The summed E-state index contributed by atoms with van der Waals surface area (Å²) in [5.41, 5.74) is 1.47. The number of phenols is 3. The van der Waals surface area contributed by atoms with Crippen LogP contribution >= 0.6 is 0 Å². The molecule has 0 heterocycles. The van der Waals surface area contributed by atoms with Gasteiger partial charge in [0.05, 0.1) is 18.1 Å². The van der Waals surface area contributed by atoms with E-state index >= 15 is 0 Å². The van der Waals surface area contributed by atoms with Crippen LogP contribution in [0.1, 0.15) is 37.4 Å². The molecular formula is C23H18O6. The highest BCUT2D eigenvalue weighted by atomic mass is 16.5. The molecule has 6 heteroatoms. The first-order valence-electron chi connectivity index (χ1n) is 8.91. The van der Waals surface area contributed by atoms with Crippen LogP contribution in [0.2, 0.25) is 0 Å². The molecule has 0 amide bonds. The lowest BCUT2D eigenvalue weighted by molar-refractivity contribution is 0.0999. The van der Waals surface area contributed by atoms with Gasteiger partial charge in [-0.1, -0.05) is 0 Å². The van der Waals surface area contributed by atoms with Gasteiger partial charge in [-0.05, 0) is 61.4 Å². The van der Waals surface area contributed by atoms with E-state index in [4.69, 9.17) is 4.74 Å². The maximum Gasteiger partial charge on any atom is 0.194 e. The van der Waals surface area contributed by atoms with Crippen molar-refractivity contribution in [1.29, 1.82) is 0 Å². The Kier molecular flexibility index (Phi) is 4.08. The van der Waals surface area contributed by atoms with Gasteiger partial charge in [0.25, 0.3) is 0 Å². The molecule has 1 aliphatic carbocycles. The average molecular weight is 390 g/mol. The molecule has 29 heavy (non-hydrogen) atoms. The molecular weight excluding hydrogens is 372 g/mol. The van der Waals surface area contributed by atoms with Gasteiger partial charge >= 0.3 is 0 Å². The van der Waals surface area contributed by atoms with Crippen LogP contribution in [0, 0.1) is 13.8 Å². The Morgan fingerprint density at radius 2 is 1.48 bits per heavy atom. The summed E-state index contributed by atoms with van der Waals surface area (Å²) in [6.45, 7) is 3.46. The molecule has 0 bridgehead atoms. The third-order valence-corrected chi connectivity index (χ3v) is 5.08. The zero-order valence-corrected chi connectivity index (χ0v) is 16.0. The number of rotatable bonds is 2. The number of allylic oxidation sites excluding steroid dienone is 2. The first-order chi connectivity index (χ1) is 13.7. The molecule has 0 fully saturated rings. The van der Waals surface area contributed by atoms with Crippen molar-refractivity contribution < 1.29 is 29.6 Å². The van der Waals surface area contributed by atoms with E-state index in [1.54, 1.807) is 26.0 Å². The Labute approximate surface area is 166 Å². The largest absolute Gasteiger partial charge is 0.507 e. The summed E-state index contributed by atoms with van der Waals surface area (Å²) in [6.07, 6.45) is 1.11. The van der Waals surface area contributed by atoms with Gasteiger partial charge in [-0.2, -0.15) is 0 Å². The quantitative estimate of drug-likeness (QED) is 0.610. The molecule has 6 nitrogen and oxygen atoms in total. The van der Waals surface area contributed by atoms with Gasteiger partial charge in [0.15, 0.2) is 11.6 Å². The number of carbonyl (C=O) groups is 2. The number of ether oxygens (including phenoxy) is 1. The lowest BCUT2D eigenvalue weighted by Crippen LogP contribution is -2.17. The van der Waals surface area contributed by atoms with Crippen molar-refractivity contribution >= 4 is 27.9 Å². The summed E-state index contributed by atoms with van der Waals surface area (Å²) < 4.78 is 5.37. The molecule has 3 N–H and O–H groups in total. The average Bonchev–Trinajstić information content (AvgIpc) is 2.65. The molecule has 0 aromatic heterocycles. The van der Waals surface area contributed by atoms with E-state index < -0.39 is 11.6 Å².